The summed E-state index contributed by atoms with van der Waals surface area (Å²) in [6.45, 7) is 10.5. The maximum absolute atomic E-state index is 13.3. The molecule has 0 unspecified atom stereocenters. The summed E-state index contributed by atoms with van der Waals surface area (Å²) >= 11 is 0. The van der Waals surface area contributed by atoms with Crippen LogP contribution in [0.1, 0.15) is 50.9 Å². The van der Waals surface area contributed by atoms with Crippen LogP contribution in [0.4, 0.5) is 23.1 Å². The van der Waals surface area contributed by atoms with Gasteiger partial charge in [0.15, 0.2) is 5.82 Å². The number of fused-ring (bicyclic) bond motifs is 1. The van der Waals surface area contributed by atoms with Gasteiger partial charge < -0.3 is 30.1 Å². The number of ether oxygens (including phenoxy) is 1. The van der Waals surface area contributed by atoms with E-state index in [1.54, 1.807) is 43.5 Å². The van der Waals surface area contributed by atoms with Gasteiger partial charge in [0, 0.05) is 25.7 Å². The molecule has 3 heterocycles. The number of hydrogen-bond acceptors (Lipinski definition) is 8. The summed E-state index contributed by atoms with van der Waals surface area (Å²) in [4.78, 5) is 41.8. The molecule has 200 valence electrons. The number of amides is 2. The fourth-order valence-corrected chi connectivity index (χ4v) is 4.98. The van der Waals surface area contributed by atoms with Crippen LogP contribution in [0.2, 0.25) is 0 Å². The Balaban J connectivity index is 1.68. The van der Waals surface area contributed by atoms with Gasteiger partial charge in [0.05, 0.1) is 30.0 Å². The molecule has 1 aromatic carbocycles. The van der Waals surface area contributed by atoms with E-state index in [2.05, 4.69) is 46.3 Å². The fourth-order valence-electron chi connectivity index (χ4n) is 4.98. The number of carbonyl (C=O) groups excluding carboxylic acids is 2. The average Bonchev–Trinajstić information content (AvgIpc) is 2.94. The first-order valence-electron chi connectivity index (χ1n) is 12.9. The Morgan fingerprint density at radius 1 is 1.19 bits per heavy atom. The number of carbonyl (C=O) groups is 2. The van der Waals surface area contributed by atoms with E-state index in [9.17, 15) is 9.59 Å². The van der Waals surface area contributed by atoms with E-state index in [-0.39, 0.29) is 23.9 Å². The minimum absolute atomic E-state index is 0.0128. The molecule has 2 aromatic rings. The van der Waals surface area contributed by atoms with Crippen LogP contribution in [0.25, 0.3) is 0 Å². The summed E-state index contributed by atoms with van der Waals surface area (Å²) in [6.07, 6.45) is 3.49. The molecule has 10 heteroatoms. The Morgan fingerprint density at radius 2 is 1.89 bits per heavy atom. The number of aromatic nitrogens is 2. The maximum atomic E-state index is 13.3. The van der Waals surface area contributed by atoms with Crippen molar-refractivity contribution in [1.82, 2.24) is 20.2 Å². The first-order chi connectivity index (χ1) is 17.5. The summed E-state index contributed by atoms with van der Waals surface area (Å²) in [5, 5.41) is 6.43. The number of para-hydroxylation sites is 1. The number of hydrogen-bond donors (Lipinski definition) is 2. The van der Waals surface area contributed by atoms with Gasteiger partial charge in [-0.3, -0.25) is 9.59 Å². The molecular weight excluding hydrogens is 470 g/mol. The monoisotopic (exact) mass is 509 g/mol. The highest BCUT2D eigenvalue weighted by Gasteiger charge is 2.39. The number of nitrogens with one attached hydrogen (secondary N) is 2. The molecule has 37 heavy (non-hydrogen) atoms. The molecule has 1 aromatic heterocycles. The van der Waals surface area contributed by atoms with Crippen molar-refractivity contribution in [3.8, 4) is 5.75 Å². The molecule has 0 spiro atoms. The molecule has 1 fully saturated rings. The molecule has 0 aliphatic carbocycles. The van der Waals surface area contributed by atoms with Crippen LogP contribution in [0.3, 0.4) is 0 Å². The van der Waals surface area contributed by atoms with Crippen LogP contribution >= 0.6 is 0 Å². The second kappa shape index (κ2) is 10.5. The van der Waals surface area contributed by atoms with E-state index in [4.69, 9.17) is 9.72 Å². The molecule has 0 saturated carbocycles. The largest absolute Gasteiger partial charge is 0.495 e. The lowest BCUT2D eigenvalue weighted by molar-refractivity contribution is -0.125. The molecule has 2 amide bonds. The van der Waals surface area contributed by atoms with Crippen LogP contribution in [0.15, 0.2) is 24.4 Å². The second-order valence-electron chi connectivity index (χ2n) is 10.9. The molecule has 2 N–H and O–H groups in total. The zero-order valence-corrected chi connectivity index (χ0v) is 23.0. The van der Waals surface area contributed by atoms with Crippen LogP contribution in [-0.2, 0) is 4.79 Å². The first kappa shape index (κ1) is 26.7. The Morgan fingerprint density at radius 3 is 2.54 bits per heavy atom. The third-order valence-corrected chi connectivity index (χ3v) is 7.24. The number of benzene rings is 1. The predicted octanol–water partition coefficient (Wildman–Crippen LogP) is 3.27. The van der Waals surface area contributed by atoms with Crippen molar-refractivity contribution in [1.29, 1.82) is 0 Å². The minimum atomic E-state index is -0.588. The molecule has 10 nitrogen and oxygen atoms in total. The summed E-state index contributed by atoms with van der Waals surface area (Å²) < 4.78 is 5.59. The standard InChI is InChI=1S/C27H39N7O3/c1-17(2)34-16-27(3,4)25(36)33(6)20-15-28-26(31-23(20)34)30-22-19(9-8-10-21(22)37-7)24(35)29-18-11-13-32(5)14-12-18/h8-10,15,17-18H,11-14,16H2,1-7H3,(H,29,35)(H,28,30,31). The fraction of sp³-hybridized carbons (Fsp3) is 0.556. The lowest BCUT2D eigenvalue weighted by atomic mass is 9.91. The number of likely N-dealkylation sites (tertiary alicyclic amines) is 1. The number of methoxy groups -OCH3 is 1. The van der Waals surface area contributed by atoms with Crippen LogP contribution < -0.4 is 25.2 Å². The van der Waals surface area contributed by atoms with E-state index in [1.165, 1.54) is 0 Å². The normalized spacial score (nSPS) is 18.4. The van der Waals surface area contributed by atoms with E-state index >= 15 is 0 Å². The average molecular weight is 510 g/mol. The molecule has 0 bridgehead atoms. The summed E-state index contributed by atoms with van der Waals surface area (Å²) in [5.41, 5.74) is 1.03. The molecule has 2 aliphatic rings. The van der Waals surface area contributed by atoms with Crippen molar-refractivity contribution in [2.24, 2.45) is 5.41 Å². The van der Waals surface area contributed by atoms with Gasteiger partial charge >= 0.3 is 0 Å². The molecule has 2 aliphatic heterocycles. The third-order valence-electron chi connectivity index (χ3n) is 7.24. The van der Waals surface area contributed by atoms with Crippen molar-refractivity contribution in [3.63, 3.8) is 0 Å². The highest BCUT2D eigenvalue weighted by molar-refractivity contribution is 6.02. The van der Waals surface area contributed by atoms with Crippen molar-refractivity contribution in [2.75, 3.05) is 56.0 Å². The molecule has 0 radical (unpaired) electrons. The van der Waals surface area contributed by atoms with Crippen molar-refractivity contribution < 1.29 is 14.3 Å². The van der Waals surface area contributed by atoms with Crippen molar-refractivity contribution in [3.05, 3.63) is 30.0 Å². The first-order valence-corrected chi connectivity index (χ1v) is 12.9. The van der Waals surface area contributed by atoms with Crippen molar-refractivity contribution in [2.45, 2.75) is 52.6 Å². The molecule has 1 saturated heterocycles. The maximum Gasteiger partial charge on any atom is 0.253 e. The Hall–Kier alpha value is -3.40. The van der Waals surface area contributed by atoms with Crippen molar-refractivity contribution >= 4 is 35.0 Å². The van der Waals surface area contributed by atoms with Gasteiger partial charge in [-0.05, 0) is 72.8 Å². The number of anilines is 4. The lowest BCUT2D eigenvalue weighted by Gasteiger charge is -2.32. The summed E-state index contributed by atoms with van der Waals surface area (Å²) in [5.74, 6) is 1.35. The van der Waals surface area contributed by atoms with E-state index in [0.717, 1.165) is 25.9 Å². The summed E-state index contributed by atoms with van der Waals surface area (Å²) in [7, 11) is 5.42. The van der Waals surface area contributed by atoms with Gasteiger partial charge in [0.2, 0.25) is 11.9 Å². The Labute approximate surface area is 219 Å². The smallest absolute Gasteiger partial charge is 0.253 e. The number of nitrogens with zero attached hydrogens (tertiary/aromatic N) is 5. The molecule has 4 rings (SSSR count). The number of piperidine rings is 1. The van der Waals surface area contributed by atoms with Gasteiger partial charge in [0.25, 0.3) is 5.91 Å². The minimum Gasteiger partial charge on any atom is -0.495 e. The van der Waals surface area contributed by atoms with Gasteiger partial charge in [-0.25, -0.2) is 4.98 Å². The highest BCUT2D eigenvalue weighted by atomic mass is 16.5. The molecule has 0 atom stereocenters. The lowest BCUT2D eigenvalue weighted by Crippen LogP contribution is -2.44. The van der Waals surface area contributed by atoms with Crippen LogP contribution in [0.5, 0.6) is 5.75 Å². The number of rotatable bonds is 6. The van der Waals surface area contributed by atoms with Gasteiger partial charge in [-0.15, -0.1) is 0 Å². The summed E-state index contributed by atoms with van der Waals surface area (Å²) in [6, 6.07) is 5.61. The zero-order chi connectivity index (χ0) is 26.9. The van der Waals surface area contributed by atoms with E-state index in [0.29, 0.717) is 41.0 Å². The van der Waals surface area contributed by atoms with Crippen LogP contribution in [0, 0.1) is 5.41 Å². The van der Waals surface area contributed by atoms with Gasteiger partial charge in [-0.1, -0.05) is 6.07 Å². The van der Waals surface area contributed by atoms with E-state index in [1.807, 2.05) is 13.8 Å². The highest BCUT2D eigenvalue weighted by Crippen LogP contribution is 2.38. The predicted molar refractivity (Wildman–Crippen MR) is 146 cm³/mol. The topological polar surface area (TPSA) is 103 Å². The molecular formula is C27H39N7O3. The second-order valence-corrected chi connectivity index (χ2v) is 10.9. The van der Waals surface area contributed by atoms with Crippen LogP contribution in [-0.4, -0.2) is 79.6 Å². The van der Waals surface area contributed by atoms with Gasteiger partial charge in [0.1, 0.15) is 11.4 Å². The zero-order valence-electron chi connectivity index (χ0n) is 23.0. The third kappa shape index (κ3) is 5.49. The Bertz CT molecular complexity index is 1160. The van der Waals surface area contributed by atoms with Gasteiger partial charge in [-0.2, -0.15) is 4.98 Å². The SMILES string of the molecule is COc1cccc(C(=O)NC2CCN(C)CC2)c1Nc1ncc2c(n1)N(C(C)C)CC(C)(C)C(=O)N2C. The quantitative estimate of drug-likeness (QED) is 0.612. The van der Waals surface area contributed by atoms with E-state index < -0.39 is 5.41 Å². The Kier molecular flexibility index (Phi) is 7.59.